The topological polar surface area (TPSA) is 51.8 Å². The molecule has 0 atom stereocenters. The number of nitrogen functional groups attached to an aromatic ring is 1. The van der Waals surface area contributed by atoms with E-state index in [0.717, 1.165) is 18.4 Å². The van der Waals surface area contributed by atoms with Crippen molar-refractivity contribution in [3.05, 3.63) is 17.0 Å². The minimum absolute atomic E-state index is 0.183. The van der Waals surface area contributed by atoms with Crippen LogP contribution in [0.5, 0.6) is 0 Å². The van der Waals surface area contributed by atoms with Gasteiger partial charge in [-0.3, -0.25) is 0 Å². The highest BCUT2D eigenvalue weighted by atomic mass is 35.5. The molecular formula is C7H9Cl2N3. The van der Waals surface area contributed by atoms with Crippen LogP contribution in [0.3, 0.4) is 0 Å². The Morgan fingerprint density at radius 1 is 1.50 bits per heavy atom. The molecule has 0 fully saturated rings. The summed E-state index contributed by atoms with van der Waals surface area (Å²) in [5.41, 5.74) is 6.49. The fourth-order valence-electron chi connectivity index (χ4n) is 0.847. The van der Waals surface area contributed by atoms with Crippen LogP contribution in [0, 0.1) is 0 Å². The molecule has 0 aromatic carbocycles. The van der Waals surface area contributed by atoms with E-state index in [1.165, 1.54) is 0 Å². The largest absolute Gasteiger partial charge is 0.383 e. The van der Waals surface area contributed by atoms with Crippen molar-refractivity contribution < 1.29 is 0 Å². The van der Waals surface area contributed by atoms with Crippen molar-refractivity contribution >= 4 is 29.0 Å². The van der Waals surface area contributed by atoms with Crippen LogP contribution in [0.15, 0.2) is 6.20 Å². The number of nitrogens with zero attached hydrogens (tertiary/aromatic N) is 2. The van der Waals surface area contributed by atoms with Gasteiger partial charge in [-0.2, -0.15) is 0 Å². The molecule has 12 heavy (non-hydrogen) atoms. The van der Waals surface area contributed by atoms with Crippen molar-refractivity contribution in [3.8, 4) is 0 Å². The van der Waals surface area contributed by atoms with Crippen LogP contribution in [0.25, 0.3) is 0 Å². The number of hydrogen-bond acceptors (Lipinski definition) is 3. The number of aryl methyl sites for hydroxylation is 1. The van der Waals surface area contributed by atoms with Gasteiger partial charge >= 0.3 is 0 Å². The van der Waals surface area contributed by atoms with Crippen LogP contribution in [0.1, 0.15) is 12.0 Å². The lowest BCUT2D eigenvalue weighted by Gasteiger charge is -2.01. The molecule has 0 aliphatic carbocycles. The van der Waals surface area contributed by atoms with E-state index in [-0.39, 0.29) is 5.28 Å². The van der Waals surface area contributed by atoms with Gasteiger partial charge in [-0.25, -0.2) is 9.97 Å². The van der Waals surface area contributed by atoms with Gasteiger partial charge in [0.15, 0.2) is 0 Å². The minimum Gasteiger partial charge on any atom is -0.383 e. The maximum absolute atomic E-state index is 5.58. The molecule has 0 radical (unpaired) electrons. The van der Waals surface area contributed by atoms with Crippen LogP contribution < -0.4 is 5.73 Å². The first kappa shape index (κ1) is 9.55. The second-order valence-corrected chi connectivity index (χ2v) is 3.06. The first-order valence-electron chi connectivity index (χ1n) is 3.57. The lowest BCUT2D eigenvalue weighted by atomic mass is 10.2. The Morgan fingerprint density at radius 3 is 2.83 bits per heavy atom. The SMILES string of the molecule is Nc1nc(Cl)ncc1CCCCl. The van der Waals surface area contributed by atoms with E-state index < -0.39 is 0 Å². The van der Waals surface area contributed by atoms with Crippen molar-refractivity contribution in [1.29, 1.82) is 0 Å². The smallest absolute Gasteiger partial charge is 0.224 e. The molecule has 0 unspecified atom stereocenters. The summed E-state index contributed by atoms with van der Waals surface area (Å²) in [7, 11) is 0. The Hall–Kier alpha value is -0.540. The first-order chi connectivity index (χ1) is 5.74. The Morgan fingerprint density at radius 2 is 2.25 bits per heavy atom. The van der Waals surface area contributed by atoms with E-state index in [1.54, 1.807) is 6.20 Å². The number of alkyl halides is 1. The van der Waals surface area contributed by atoms with Gasteiger partial charge in [-0.1, -0.05) is 0 Å². The summed E-state index contributed by atoms with van der Waals surface area (Å²) < 4.78 is 0. The normalized spacial score (nSPS) is 10.2. The molecule has 0 aliphatic rings. The Bertz CT molecular complexity index is 265. The molecule has 0 spiro atoms. The molecule has 0 saturated carbocycles. The molecule has 1 rings (SSSR count). The lowest BCUT2D eigenvalue weighted by Crippen LogP contribution is -2.00. The zero-order valence-corrected chi connectivity index (χ0v) is 7.94. The Balaban J connectivity index is 2.72. The van der Waals surface area contributed by atoms with Crippen molar-refractivity contribution in [2.75, 3.05) is 11.6 Å². The zero-order valence-electron chi connectivity index (χ0n) is 6.43. The van der Waals surface area contributed by atoms with E-state index in [9.17, 15) is 0 Å². The van der Waals surface area contributed by atoms with Gasteiger partial charge in [0.1, 0.15) is 5.82 Å². The van der Waals surface area contributed by atoms with Crippen molar-refractivity contribution in [1.82, 2.24) is 9.97 Å². The fourth-order valence-corrected chi connectivity index (χ4v) is 1.12. The summed E-state index contributed by atoms with van der Waals surface area (Å²) in [5.74, 6) is 1.06. The number of aromatic nitrogens is 2. The van der Waals surface area contributed by atoms with Crippen molar-refractivity contribution in [2.45, 2.75) is 12.8 Å². The van der Waals surface area contributed by atoms with E-state index in [4.69, 9.17) is 28.9 Å². The highest BCUT2D eigenvalue weighted by Gasteiger charge is 2.01. The first-order valence-corrected chi connectivity index (χ1v) is 4.48. The lowest BCUT2D eigenvalue weighted by molar-refractivity contribution is 0.911. The van der Waals surface area contributed by atoms with Gasteiger partial charge < -0.3 is 5.73 Å². The van der Waals surface area contributed by atoms with Gasteiger partial charge in [-0.15, -0.1) is 11.6 Å². The van der Waals surface area contributed by atoms with Gasteiger partial charge in [0.05, 0.1) is 0 Å². The van der Waals surface area contributed by atoms with E-state index >= 15 is 0 Å². The van der Waals surface area contributed by atoms with Gasteiger partial charge in [-0.05, 0) is 24.4 Å². The molecule has 3 nitrogen and oxygen atoms in total. The molecule has 1 heterocycles. The monoisotopic (exact) mass is 205 g/mol. The molecular weight excluding hydrogens is 197 g/mol. The number of nitrogens with two attached hydrogens (primary N) is 1. The molecule has 0 bridgehead atoms. The summed E-state index contributed by atoms with van der Waals surface area (Å²) in [4.78, 5) is 7.64. The quantitative estimate of drug-likeness (QED) is 0.606. The van der Waals surface area contributed by atoms with E-state index in [1.807, 2.05) is 0 Å². The second kappa shape index (κ2) is 4.48. The summed E-state index contributed by atoms with van der Waals surface area (Å²) in [5, 5.41) is 0.183. The van der Waals surface area contributed by atoms with Gasteiger partial charge in [0.25, 0.3) is 0 Å². The molecule has 66 valence electrons. The van der Waals surface area contributed by atoms with E-state index in [0.29, 0.717) is 11.7 Å². The summed E-state index contributed by atoms with van der Waals surface area (Å²) in [6, 6.07) is 0. The molecule has 1 aromatic heterocycles. The second-order valence-electron chi connectivity index (χ2n) is 2.34. The average molecular weight is 206 g/mol. The number of anilines is 1. The van der Waals surface area contributed by atoms with Crippen molar-refractivity contribution in [2.24, 2.45) is 0 Å². The summed E-state index contributed by atoms with van der Waals surface area (Å²) in [6.07, 6.45) is 3.31. The highest BCUT2D eigenvalue weighted by molar-refractivity contribution is 6.28. The summed E-state index contributed by atoms with van der Waals surface area (Å²) >= 11 is 11.1. The molecule has 2 N–H and O–H groups in total. The third-order valence-corrected chi connectivity index (χ3v) is 1.90. The molecule has 5 heteroatoms. The van der Waals surface area contributed by atoms with Gasteiger partial charge in [0, 0.05) is 17.6 Å². The third-order valence-electron chi connectivity index (χ3n) is 1.45. The fraction of sp³-hybridized carbons (Fsp3) is 0.429. The van der Waals surface area contributed by atoms with E-state index in [2.05, 4.69) is 9.97 Å². The Labute approximate surface area is 80.9 Å². The van der Waals surface area contributed by atoms with Crippen LogP contribution in [0.4, 0.5) is 5.82 Å². The van der Waals surface area contributed by atoms with Gasteiger partial charge in [0.2, 0.25) is 5.28 Å². The van der Waals surface area contributed by atoms with Crippen molar-refractivity contribution in [3.63, 3.8) is 0 Å². The standard InChI is InChI=1S/C7H9Cl2N3/c8-3-1-2-5-4-11-7(9)12-6(5)10/h4H,1-3H2,(H2,10,11,12). The predicted octanol–water partition coefficient (Wildman–Crippen LogP) is 1.88. The van der Waals surface area contributed by atoms with Crippen LogP contribution in [-0.4, -0.2) is 15.8 Å². The molecule has 0 aliphatic heterocycles. The molecule has 0 amide bonds. The molecule has 1 aromatic rings. The predicted molar refractivity (Wildman–Crippen MR) is 50.5 cm³/mol. The van der Waals surface area contributed by atoms with Crippen LogP contribution >= 0.6 is 23.2 Å². The number of hydrogen-bond donors (Lipinski definition) is 1. The maximum Gasteiger partial charge on any atom is 0.224 e. The molecule has 0 saturated heterocycles. The van der Waals surface area contributed by atoms with Crippen LogP contribution in [-0.2, 0) is 6.42 Å². The highest BCUT2D eigenvalue weighted by Crippen LogP contribution is 2.12. The van der Waals surface area contributed by atoms with Crippen LogP contribution in [0.2, 0.25) is 5.28 Å². The number of halogens is 2. The Kier molecular flexibility index (Phi) is 3.56. The summed E-state index contributed by atoms with van der Waals surface area (Å²) in [6.45, 7) is 0. The zero-order chi connectivity index (χ0) is 8.97. The minimum atomic E-state index is 0.183. The maximum atomic E-state index is 5.58. The average Bonchev–Trinajstić information content (AvgIpc) is 2.03. The number of rotatable bonds is 3. The third kappa shape index (κ3) is 2.50.